The summed E-state index contributed by atoms with van der Waals surface area (Å²) in [5.74, 6) is 0.402. The third-order valence-corrected chi connectivity index (χ3v) is 6.28. The SMILES string of the molecule is CCC(C)c1ccccc1N1CC(C(=O)N2CCCC(N(C)C)C2)CC1=O. The first-order valence-electron chi connectivity index (χ1n) is 10.3. The van der Waals surface area contributed by atoms with Gasteiger partial charge in [-0.15, -0.1) is 0 Å². The van der Waals surface area contributed by atoms with Crippen LogP contribution in [0.4, 0.5) is 5.69 Å². The van der Waals surface area contributed by atoms with Crippen LogP contribution in [-0.2, 0) is 9.59 Å². The molecule has 0 radical (unpaired) electrons. The zero-order valence-electron chi connectivity index (χ0n) is 17.1. The Balaban J connectivity index is 1.73. The van der Waals surface area contributed by atoms with Gasteiger partial charge in [-0.1, -0.05) is 32.0 Å². The molecule has 0 aliphatic carbocycles. The number of carbonyl (C=O) groups excluding carboxylic acids is 2. The summed E-state index contributed by atoms with van der Waals surface area (Å²) < 4.78 is 0. The molecule has 0 bridgehead atoms. The minimum Gasteiger partial charge on any atom is -0.341 e. The molecule has 148 valence electrons. The average molecular weight is 372 g/mol. The average Bonchev–Trinajstić information content (AvgIpc) is 3.08. The number of hydrogen-bond acceptors (Lipinski definition) is 3. The third kappa shape index (κ3) is 4.18. The molecule has 5 nitrogen and oxygen atoms in total. The highest BCUT2D eigenvalue weighted by Crippen LogP contribution is 2.34. The molecule has 1 aromatic rings. The van der Waals surface area contributed by atoms with Crippen molar-refractivity contribution in [3.05, 3.63) is 29.8 Å². The van der Waals surface area contributed by atoms with Crippen molar-refractivity contribution in [2.75, 3.05) is 38.6 Å². The number of piperidine rings is 1. The molecule has 2 heterocycles. The maximum absolute atomic E-state index is 13.1. The van der Waals surface area contributed by atoms with E-state index in [1.807, 2.05) is 28.0 Å². The van der Waals surface area contributed by atoms with E-state index >= 15 is 0 Å². The highest BCUT2D eigenvalue weighted by molar-refractivity contribution is 6.01. The smallest absolute Gasteiger partial charge is 0.228 e. The first-order chi connectivity index (χ1) is 12.9. The number of likely N-dealkylation sites (N-methyl/N-ethyl adjacent to an activating group) is 1. The van der Waals surface area contributed by atoms with Gasteiger partial charge < -0.3 is 14.7 Å². The lowest BCUT2D eigenvalue weighted by Gasteiger charge is -2.37. The molecular formula is C22H33N3O2. The molecule has 0 saturated carbocycles. The van der Waals surface area contributed by atoms with Crippen LogP contribution in [0.25, 0.3) is 0 Å². The second kappa shape index (κ2) is 8.42. The minimum absolute atomic E-state index is 0.0743. The van der Waals surface area contributed by atoms with E-state index < -0.39 is 0 Å². The van der Waals surface area contributed by atoms with Crippen molar-refractivity contribution in [2.24, 2.45) is 5.92 Å². The molecule has 0 aromatic heterocycles. The molecule has 1 aromatic carbocycles. The van der Waals surface area contributed by atoms with Crippen molar-refractivity contribution >= 4 is 17.5 Å². The Kier molecular flexibility index (Phi) is 6.20. The number of rotatable bonds is 5. The van der Waals surface area contributed by atoms with Gasteiger partial charge in [-0.05, 0) is 50.9 Å². The van der Waals surface area contributed by atoms with Crippen molar-refractivity contribution in [1.82, 2.24) is 9.80 Å². The van der Waals surface area contributed by atoms with Crippen LogP contribution in [0.3, 0.4) is 0 Å². The van der Waals surface area contributed by atoms with Gasteiger partial charge in [-0.3, -0.25) is 9.59 Å². The van der Waals surface area contributed by atoms with Gasteiger partial charge >= 0.3 is 0 Å². The fourth-order valence-corrected chi connectivity index (χ4v) is 4.31. The normalized spacial score (nSPS) is 24.6. The number of likely N-dealkylation sites (tertiary alicyclic amines) is 1. The maximum Gasteiger partial charge on any atom is 0.228 e. The topological polar surface area (TPSA) is 43.9 Å². The molecule has 27 heavy (non-hydrogen) atoms. The zero-order valence-corrected chi connectivity index (χ0v) is 17.1. The number of anilines is 1. The maximum atomic E-state index is 13.1. The number of carbonyl (C=O) groups is 2. The highest BCUT2D eigenvalue weighted by atomic mass is 16.2. The van der Waals surface area contributed by atoms with E-state index in [1.165, 1.54) is 5.56 Å². The van der Waals surface area contributed by atoms with Crippen molar-refractivity contribution in [1.29, 1.82) is 0 Å². The highest BCUT2D eigenvalue weighted by Gasteiger charge is 2.39. The lowest BCUT2D eigenvalue weighted by Crippen LogP contribution is -2.49. The first kappa shape index (κ1) is 19.9. The predicted octanol–water partition coefficient (Wildman–Crippen LogP) is 3.11. The number of amides is 2. The molecule has 2 aliphatic heterocycles. The van der Waals surface area contributed by atoms with Crippen LogP contribution in [0.2, 0.25) is 0 Å². The van der Waals surface area contributed by atoms with Gasteiger partial charge in [-0.2, -0.15) is 0 Å². The minimum atomic E-state index is -0.219. The molecule has 5 heteroatoms. The Morgan fingerprint density at radius 3 is 2.70 bits per heavy atom. The number of benzene rings is 1. The van der Waals surface area contributed by atoms with E-state index in [-0.39, 0.29) is 17.7 Å². The van der Waals surface area contributed by atoms with E-state index in [0.29, 0.717) is 24.9 Å². The van der Waals surface area contributed by atoms with E-state index in [2.05, 4.69) is 38.9 Å². The van der Waals surface area contributed by atoms with Gasteiger partial charge in [0.2, 0.25) is 11.8 Å². The Morgan fingerprint density at radius 2 is 2.00 bits per heavy atom. The number of hydrogen-bond donors (Lipinski definition) is 0. The van der Waals surface area contributed by atoms with Gasteiger partial charge in [0, 0.05) is 37.8 Å². The Hall–Kier alpha value is -1.88. The molecule has 2 amide bonds. The lowest BCUT2D eigenvalue weighted by molar-refractivity contribution is -0.137. The van der Waals surface area contributed by atoms with Crippen molar-refractivity contribution in [2.45, 2.75) is 51.5 Å². The second-order valence-electron chi connectivity index (χ2n) is 8.32. The Bertz CT molecular complexity index is 688. The molecule has 3 unspecified atom stereocenters. The summed E-state index contributed by atoms with van der Waals surface area (Å²) in [6, 6.07) is 8.56. The first-order valence-corrected chi connectivity index (χ1v) is 10.3. The van der Waals surface area contributed by atoms with Crippen LogP contribution in [-0.4, -0.2) is 61.4 Å². The lowest BCUT2D eigenvalue weighted by atomic mass is 9.96. The van der Waals surface area contributed by atoms with Gasteiger partial charge in [0.05, 0.1) is 5.92 Å². The number of nitrogens with zero attached hydrogens (tertiary/aromatic N) is 3. The van der Waals surface area contributed by atoms with Crippen LogP contribution in [0.5, 0.6) is 0 Å². The molecule has 3 atom stereocenters. The van der Waals surface area contributed by atoms with Crippen LogP contribution in [0.15, 0.2) is 24.3 Å². The van der Waals surface area contributed by atoms with Gasteiger partial charge in [-0.25, -0.2) is 0 Å². The predicted molar refractivity (Wildman–Crippen MR) is 109 cm³/mol. The molecule has 2 fully saturated rings. The van der Waals surface area contributed by atoms with Crippen LogP contribution < -0.4 is 4.90 Å². The summed E-state index contributed by atoms with van der Waals surface area (Å²) in [5, 5.41) is 0. The summed E-state index contributed by atoms with van der Waals surface area (Å²) in [6.07, 6.45) is 3.53. The summed E-state index contributed by atoms with van der Waals surface area (Å²) in [4.78, 5) is 31.9. The van der Waals surface area contributed by atoms with E-state index in [9.17, 15) is 9.59 Å². The quantitative estimate of drug-likeness (QED) is 0.799. The monoisotopic (exact) mass is 371 g/mol. The summed E-state index contributed by atoms with van der Waals surface area (Å²) in [5.41, 5.74) is 2.18. The van der Waals surface area contributed by atoms with Crippen molar-refractivity contribution < 1.29 is 9.59 Å². The fourth-order valence-electron chi connectivity index (χ4n) is 4.31. The second-order valence-corrected chi connectivity index (χ2v) is 8.32. The fraction of sp³-hybridized carbons (Fsp3) is 0.636. The van der Waals surface area contributed by atoms with Crippen LogP contribution in [0.1, 0.15) is 51.0 Å². The molecule has 2 saturated heterocycles. The zero-order chi connectivity index (χ0) is 19.6. The Morgan fingerprint density at radius 1 is 1.26 bits per heavy atom. The van der Waals surface area contributed by atoms with Gasteiger partial charge in [0.25, 0.3) is 0 Å². The summed E-state index contributed by atoms with van der Waals surface area (Å²) in [6.45, 7) is 6.46. The molecule has 2 aliphatic rings. The van der Waals surface area contributed by atoms with E-state index in [0.717, 1.165) is 38.0 Å². The molecular weight excluding hydrogens is 338 g/mol. The van der Waals surface area contributed by atoms with E-state index in [1.54, 1.807) is 0 Å². The van der Waals surface area contributed by atoms with E-state index in [4.69, 9.17) is 0 Å². The molecule has 0 N–H and O–H groups in total. The standard InChI is InChI=1S/C22H33N3O2/c1-5-16(2)19-10-6-7-11-20(19)25-14-17(13-21(25)26)22(27)24-12-8-9-18(15-24)23(3)4/h6-7,10-11,16-18H,5,8-9,12-15H2,1-4H3. The van der Waals surface area contributed by atoms with Crippen molar-refractivity contribution in [3.8, 4) is 0 Å². The summed E-state index contributed by atoms with van der Waals surface area (Å²) in [7, 11) is 4.15. The molecule has 0 spiro atoms. The molecule has 3 rings (SSSR count). The van der Waals surface area contributed by atoms with Gasteiger partial charge in [0.15, 0.2) is 0 Å². The van der Waals surface area contributed by atoms with Crippen LogP contribution in [0, 0.1) is 5.92 Å². The largest absolute Gasteiger partial charge is 0.341 e. The van der Waals surface area contributed by atoms with Gasteiger partial charge in [0.1, 0.15) is 0 Å². The van der Waals surface area contributed by atoms with Crippen molar-refractivity contribution in [3.63, 3.8) is 0 Å². The summed E-state index contributed by atoms with van der Waals surface area (Å²) >= 11 is 0. The van der Waals surface area contributed by atoms with Crippen LogP contribution >= 0.6 is 0 Å². The third-order valence-electron chi connectivity index (χ3n) is 6.28. The number of para-hydroxylation sites is 1. The Labute approximate surface area is 163 Å².